The van der Waals surface area contributed by atoms with E-state index in [1.807, 2.05) is 0 Å². The van der Waals surface area contributed by atoms with Crippen molar-refractivity contribution < 1.29 is 22.9 Å². The Labute approximate surface area is 136 Å². The zero-order valence-corrected chi connectivity index (χ0v) is 15.8. The van der Waals surface area contributed by atoms with Gasteiger partial charge >= 0.3 is 7.60 Å². The third-order valence-corrected chi connectivity index (χ3v) is 10.3. The van der Waals surface area contributed by atoms with Crippen LogP contribution in [0.1, 0.15) is 47.0 Å². The molecule has 0 heterocycles. The van der Waals surface area contributed by atoms with Crippen molar-refractivity contribution in [3.63, 3.8) is 0 Å². The Balaban J connectivity index is 2.10. The molecule has 2 aliphatic carbocycles. The number of aliphatic hydroxyl groups excluding tert-OH is 1. The summed E-state index contributed by atoms with van der Waals surface area (Å²) >= 11 is 0. The van der Waals surface area contributed by atoms with E-state index in [4.69, 9.17) is 9.05 Å². The quantitative estimate of drug-likeness (QED) is 0.680. The number of aliphatic hydroxyl groups is 1. The van der Waals surface area contributed by atoms with Gasteiger partial charge in [-0.2, -0.15) is 0 Å². The molecule has 0 spiro atoms. The molecule has 0 aliphatic heterocycles. The molecule has 2 bridgehead atoms. The lowest BCUT2D eigenvalue weighted by molar-refractivity contribution is 0.0161. The third kappa shape index (κ3) is 3.10. The normalized spacial score (nSPS) is 35.0. The predicted octanol–water partition coefficient (Wildman–Crippen LogP) is 3.15. The van der Waals surface area contributed by atoms with E-state index in [1.165, 1.54) is 0 Å². The summed E-state index contributed by atoms with van der Waals surface area (Å²) in [5.41, 5.74) is -0.432. The van der Waals surface area contributed by atoms with E-state index in [-0.39, 0.29) is 29.5 Å². The van der Waals surface area contributed by atoms with Gasteiger partial charge in [0.25, 0.3) is 0 Å². The van der Waals surface area contributed by atoms with Crippen molar-refractivity contribution in [3.05, 3.63) is 0 Å². The average molecular weight is 352 g/mol. The first-order valence-corrected chi connectivity index (χ1v) is 11.3. The summed E-state index contributed by atoms with van der Waals surface area (Å²) in [7, 11) is -4.64. The maximum Gasteiger partial charge on any atom is 0.343 e. The molecule has 2 saturated carbocycles. The molecule has 0 amide bonds. The zero-order valence-electron chi connectivity index (χ0n) is 14.0. The predicted molar refractivity (Wildman–Crippen MR) is 88.3 cm³/mol. The Bertz CT molecular complexity index is 471. The molecule has 2 fully saturated rings. The zero-order chi connectivity index (χ0) is 16.6. The Hall–Kier alpha value is 0.260. The lowest BCUT2D eigenvalue weighted by Crippen LogP contribution is -2.43. The van der Waals surface area contributed by atoms with E-state index in [9.17, 15) is 13.9 Å². The molecule has 0 aromatic heterocycles. The maximum atomic E-state index is 12.6. The number of fused-ring (bicyclic) bond motifs is 2. The van der Waals surface area contributed by atoms with Crippen molar-refractivity contribution in [3.8, 4) is 0 Å². The fraction of sp³-hybridized carbons (Fsp3) is 1.00. The van der Waals surface area contributed by atoms with Crippen LogP contribution in [-0.4, -0.2) is 39.9 Å². The van der Waals surface area contributed by atoms with Gasteiger partial charge in [-0.15, -0.1) is 0 Å². The molecule has 7 heteroatoms. The number of hydrogen-bond acceptors (Lipinski definition) is 5. The first-order valence-electron chi connectivity index (χ1n) is 8.12. The molecule has 4 atom stereocenters. The van der Waals surface area contributed by atoms with Crippen molar-refractivity contribution in [2.24, 2.45) is 16.7 Å². The summed E-state index contributed by atoms with van der Waals surface area (Å²) in [4.78, 5) is 0. The summed E-state index contributed by atoms with van der Waals surface area (Å²) in [5.74, 6) is 0.868. The van der Waals surface area contributed by atoms with Gasteiger partial charge in [-0.05, 0) is 44.4 Å². The highest BCUT2D eigenvalue weighted by molar-refractivity contribution is 7.92. The van der Waals surface area contributed by atoms with Gasteiger partial charge in [0.1, 0.15) is 5.49 Å². The van der Waals surface area contributed by atoms with Crippen molar-refractivity contribution in [1.29, 1.82) is 0 Å². The molecule has 2 aliphatic rings. The monoisotopic (exact) mass is 352 g/mol. The van der Waals surface area contributed by atoms with Crippen LogP contribution in [0.25, 0.3) is 0 Å². The lowest BCUT2D eigenvalue weighted by Gasteiger charge is -2.40. The molecule has 2 rings (SSSR count). The molecular weight excluding hydrogens is 323 g/mol. The second kappa shape index (κ2) is 6.64. The summed E-state index contributed by atoms with van der Waals surface area (Å²) in [6.07, 6.45) is 2.35. The van der Waals surface area contributed by atoms with Crippen molar-refractivity contribution in [2.45, 2.75) is 53.1 Å². The van der Waals surface area contributed by atoms with E-state index in [0.29, 0.717) is 11.7 Å². The Morgan fingerprint density at radius 1 is 1.27 bits per heavy atom. The van der Waals surface area contributed by atoms with Gasteiger partial charge in [-0.1, -0.05) is 13.8 Å². The Morgan fingerprint density at radius 3 is 2.27 bits per heavy atom. The highest BCUT2D eigenvalue weighted by Gasteiger charge is 2.64. The highest BCUT2D eigenvalue weighted by atomic mass is 32.2. The van der Waals surface area contributed by atoms with E-state index < -0.39 is 24.5 Å². The topological polar surface area (TPSA) is 72.8 Å². The molecule has 1 N–H and O–H groups in total. The van der Waals surface area contributed by atoms with Crippen LogP contribution in [0.2, 0.25) is 0 Å². The summed E-state index contributed by atoms with van der Waals surface area (Å²) in [5, 5.41) is 10.5. The van der Waals surface area contributed by atoms with Crippen molar-refractivity contribution in [1.82, 2.24) is 0 Å². The minimum Gasteiger partial charge on any atom is -0.392 e. The number of hydrogen-bond donors (Lipinski definition) is 1. The van der Waals surface area contributed by atoms with Gasteiger partial charge in [0.2, 0.25) is 0 Å². The van der Waals surface area contributed by atoms with Gasteiger partial charge < -0.3 is 14.2 Å². The third-order valence-electron chi connectivity index (χ3n) is 5.76. The molecule has 22 heavy (non-hydrogen) atoms. The first-order chi connectivity index (χ1) is 10.2. The molecule has 0 aromatic rings. The SMILES string of the molecule is CCOP(=O)(CS(=O)C[C@@]12CC[C@@H](C[C@@H]1O)C2(C)C)OCC. The van der Waals surface area contributed by atoms with E-state index in [1.54, 1.807) is 13.8 Å². The lowest BCUT2D eigenvalue weighted by atomic mass is 9.70. The second-order valence-corrected chi connectivity index (χ2v) is 11.0. The van der Waals surface area contributed by atoms with Gasteiger partial charge in [0, 0.05) is 22.0 Å². The first kappa shape index (κ1) is 18.6. The van der Waals surface area contributed by atoms with Crippen LogP contribution in [0.15, 0.2) is 0 Å². The van der Waals surface area contributed by atoms with Crippen molar-refractivity contribution in [2.75, 3.05) is 24.5 Å². The fourth-order valence-electron chi connectivity index (χ4n) is 4.39. The Kier molecular flexibility index (Phi) is 5.61. The largest absolute Gasteiger partial charge is 0.392 e. The van der Waals surface area contributed by atoms with Crippen LogP contribution < -0.4 is 0 Å². The van der Waals surface area contributed by atoms with Gasteiger partial charge in [0.15, 0.2) is 0 Å². The minimum atomic E-state index is -3.30. The van der Waals surface area contributed by atoms with E-state index >= 15 is 0 Å². The summed E-state index contributed by atoms with van der Waals surface area (Å²) in [6, 6.07) is 0. The van der Waals surface area contributed by atoms with Gasteiger partial charge in [0.05, 0.1) is 19.3 Å². The number of rotatable bonds is 8. The molecule has 1 unspecified atom stereocenters. The minimum absolute atomic E-state index is 0.0245. The molecule has 0 radical (unpaired) electrons. The summed E-state index contributed by atoms with van der Waals surface area (Å²) < 4.78 is 35.7. The van der Waals surface area contributed by atoms with Gasteiger partial charge in [-0.25, -0.2) is 0 Å². The van der Waals surface area contributed by atoms with Crippen LogP contribution in [0.4, 0.5) is 0 Å². The maximum absolute atomic E-state index is 12.6. The molecule has 0 saturated heterocycles. The molecule has 5 nitrogen and oxygen atoms in total. The fourth-order valence-corrected chi connectivity index (χ4v) is 8.91. The van der Waals surface area contributed by atoms with Crippen LogP contribution in [-0.2, 0) is 24.4 Å². The van der Waals surface area contributed by atoms with Crippen LogP contribution in [0.5, 0.6) is 0 Å². The second-order valence-electron chi connectivity index (χ2n) is 7.02. The van der Waals surface area contributed by atoms with Gasteiger partial charge in [-0.3, -0.25) is 8.77 Å². The molecular formula is C15H29O5PS. The molecule has 130 valence electrons. The molecule has 0 aromatic carbocycles. The van der Waals surface area contributed by atoms with E-state index in [0.717, 1.165) is 19.3 Å². The summed E-state index contributed by atoms with van der Waals surface area (Å²) in [6.45, 7) is 8.38. The van der Waals surface area contributed by atoms with Crippen LogP contribution in [0.3, 0.4) is 0 Å². The standard InChI is InChI=1S/C15H29O5PS/c1-5-19-21(17,20-6-2)11-22(18)10-15-8-7-12(9-13(15)16)14(15,3)4/h12-13,16H,5-11H2,1-4H3/t12-,13-,15-,22?/m0/s1. The van der Waals surface area contributed by atoms with E-state index in [2.05, 4.69) is 13.8 Å². The smallest absolute Gasteiger partial charge is 0.343 e. The Morgan fingerprint density at radius 2 is 1.86 bits per heavy atom. The van der Waals surface area contributed by atoms with Crippen LogP contribution in [0, 0.1) is 16.7 Å². The average Bonchev–Trinajstić information content (AvgIpc) is 2.72. The van der Waals surface area contributed by atoms with Crippen LogP contribution >= 0.6 is 7.60 Å². The highest BCUT2D eigenvalue weighted by Crippen LogP contribution is 2.66. The van der Waals surface area contributed by atoms with Crippen molar-refractivity contribution >= 4 is 18.4 Å².